The molecule has 1 aromatic heterocycles. The zero-order valence-electron chi connectivity index (χ0n) is 7.55. The summed E-state index contributed by atoms with van der Waals surface area (Å²) in [6, 6.07) is 3.94. The highest BCUT2D eigenvalue weighted by molar-refractivity contribution is 9.10. The first-order valence-electron chi connectivity index (χ1n) is 4.13. The van der Waals surface area contributed by atoms with Crippen LogP contribution in [-0.4, -0.2) is 11.5 Å². The Labute approximate surface area is 82.3 Å². The maximum absolute atomic E-state index is 5.36. The Morgan fingerprint density at radius 2 is 2.08 bits per heavy atom. The van der Waals surface area contributed by atoms with E-state index in [0.717, 1.165) is 11.0 Å². The van der Waals surface area contributed by atoms with E-state index < -0.39 is 0 Å². The third kappa shape index (κ3) is 4.46. The molecule has 1 rings (SSSR count). The van der Waals surface area contributed by atoms with Crippen molar-refractivity contribution in [3.8, 4) is 0 Å². The number of hydrogen-bond donors (Lipinski definition) is 1. The van der Waals surface area contributed by atoms with Crippen molar-refractivity contribution in [2.24, 2.45) is 5.73 Å². The second-order valence-electron chi connectivity index (χ2n) is 2.03. The molecule has 0 aromatic carbocycles. The number of aromatic nitrogens is 1. The smallest absolute Gasteiger partial charge is 0.106 e. The predicted molar refractivity (Wildman–Crippen MR) is 56.0 cm³/mol. The van der Waals surface area contributed by atoms with Crippen molar-refractivity contribution in [1.29, 1.82) is 0 Å². The minimum Gasteiger partial charge on any atom is -0.330 e. The summed E-state index contributed by atoms with van der Waals surface area (Å²) < 4.78 is 0.869. The first-order chi connectivity index (χ1) is 5.83. The second kappa shape index (κ2) is 7.25. The average molecular weight is 231 g/mol. The van der Waals surface area contributed by atoms with Gasteiger partial charge in [-0.2, -0.15) is 0 Å². The Morgan fingerprint density at radius 3 is 2.50 bits per heavy atom. The van der Waals surface area contributed by atoms with E-state index in [0.29, 0.717) is 6.54 Å². The monoisotopic (exact) mass is 230 g/mol. The van der Waals surface area contributed by atoms with E-state index in [1.165, 1.54) is 5.56 Å². The lowest BCUT2D eigenvalue weighted by atomic mass is 10.2. The lowest BCUT2D eigenvalue weighted by Crippen LogP contribution is -2.02. The maximum atomic E-state index is 5.36. The summed E-state index contributed by atoms with van der Waals surface area (Å²) in [5, 5.41) is 0. The SMILES string of the molecule is CC.NCCc1ccc(Br)nc1. The molecule has 0 atom stereocenters. The molecule has 1 aromatic rings. The van der Waals surface area contributed by atoms with E-state index >= 15 is 0 Å². The van der Waals surface area contributed by atoms with Crippen LogP contribution in [0, 0.1) is 0 Å². The molecule has 1 heterocycles. The van der Waals surface area contributed by atoms with E-state index in [1.807, 2.05) is 32.2 Å². The van der Waals surface area contributed by atoms with Crippen LogP contribution in [0.5, 0.6) is 0 Å². The van der Waals surface area contributed by atoms with Crippen molar-refractivity contribution in [3.63, 3.8) is 0 Å². The van der Waals surface area contributed by atoms with Crippen molar-refractivity contribution >= 4 is 15.9 Å². The summed E-state index contributed by atoms with van der Waals surface area (Å²) in [6.07, 6.45) is 2.73. The highest BCUT2D eigenvalue weighted by atomic mass is 79.9. The standard InChI is InChI=1S/C7H9BrN2.C2H6/c8-7-2-1-6(3-4-9)5-10-7;1-2/h1-2,5H,3-4,9H2;1-2H3. The number of rotatable bonds is 2. The fourth-order valence-electron chi connectivity index (χ4n) is 0.721. The number of nitrogens with two attached hydrogens (primary N) is 1. The summed E-state index contributed by atoms with van der Waals surface area (Å²) in [5.74, 6) is 0. The fraction of sp³-hybridized carbons (Fsp3) is 0.444. The van der Waals surface area contributed by atoms with Gasteiger partial charge in [-0.15, -0.1) is 0 Å². The summed E-state index contributed by atoms with van der Waals surface area (Å²) in [5.41, 5.74) is 6.54. The highest BCUT2D eigenvalue weighted by Gasteiger charge is 1.90. The van der Waals surface area contributed by atoms with Crippen LogP contribution in [0.2, 0.25) is 0 Å². The molecule has 0 radical (unpaired) electrons. The van der Waals surface area contributed by atoms with Crippen LogP contribution in [0.4, 0.5) is 0 Å². The van der Waals surface area contributed by atoms with Crippen molar-refractivity contribution in [2.75, 3.05) is 6.54 Å². The molecule has 12 heavy (non-hydrogen) atoms. The van der Waals surface area contributed by atoms with Gasteiger partial charge in [-0.05, 0) is 40.5 Å². The zero-order chi connectivity index (χ0) is 9.40. The summed E-state index contributed by atoms with van der Waals surface area (Å²) in [7, 11) is 0. The summed E-state index contributed by atoms with van der Waals surface area (Å²) >= 11 is 3.25. The van der Waals surface area contributed by atoms with Gasteiger partial charge in [0.1, 0.15) is 4.60 Å². The molecule has 0 aliphatic rings. The van der Waals surface area contributed by atoms with Gasteiger partial charge in [-0.1, -0.05) is 19.9 Å². The van der Waals surface area contributed by atoms with Gasteiger partial charge in [0.2, 0.25) is 0 Å². The molecule has 68 valence electrons. The topological polar surface area (TPSA) is 38.9 Å². The van der Waals surface area contributed by atoms with Crippen LogP contribution in [0.1, 0.15) is 19.4 Å². The van der Waals surface area contributed by atoms with E-state index in [2.05, 4.69) is 20.9 Å². The first kappa shape index (κ1) is 11.6. The number of hydrogen-bond acceptors (Lipinski definition) is 2. The first-order valence-corrected chi connectivity index (χ1v) is 4.92. The largest absolute Gasteiger partial charge is 0.330 e. The molecule has 0 fully saturated rings. The van der Waals surface area contributed by atoms with Gasteiger partial charge in [0.15, 0.2) is 0 Å². The van der Waals surface area contributed by atoms with Crippen LogP contribution in [0.15, 0.2) is 22.9 Å². The van der Waals surface area contributed by atoms with E-state index in [1.54, 1.807) is 0 Å². The molecular formula is C9H15BrN2. The maximum Gasteiger partial charge on any atom is 0.106 e. The minimum absolute atomic E-state index is 0.684. The summed E-state index contributed by atoms with van der Waals surface area (Å²) in [4.78, 5) is 4.06. The normalized spacial score (nSPS) is 8.67. The van der Waals surface area contributed by atoms with Gasteiger partial charge < -0.3 is 5.73 Å². The predicted octanol–water partition coefficient (Wildman–Crippen LogP) is 2.37. The minimum atomic E-state index is 0.684. The number of nitrogens with zero attached hydrogens (tertiary/aromatic N) is 1. The van der Waals surface area contributed by atoms with Gasteiger partial charge in [-0.25, -0.2) is 4.98 Å². The molecular weight excluding hydrogens is 216 g/mol. The fourth-order valence-corrected chi connectivity index (χ4v) is 0.956. The van der Waals surface area contributed by atoms with Crippen molar-refractivity contribution in [3.05, 3.63) is 28.5 Å². The molecule has 0 amide bonds. The van der Waals surface area contributed by atoms with Gasteiger partial charge in [0, 0.05) is 6.20 Å². The Bertz CT molecular complexity index is 196. The summed E-state index contributed by atoms with van der Waals surface area (Å²) in [6.45, 7) is 4.68. The Hall–Kier alpha value is -0.410. The molecule has 3 heteroatoms. The van der Waals surface area contributed by atoms with Crippen molar-refractivity contribution in [2.45, 2.75) is 20.3 Å². The third-order valence-corrected chi connectivity index (χ3v) is 1.69. The Morgan fingerprint density at radius 1 is 1.42 bits per heavy atom. The second-order valence-corrected chi connectivity index (χ2v) is 2.84. The van der Waals surface area contributed by atoms with Crippen LogP contribution in [-0.2, 0) is 6.42 Å². The van der Waals surface area contributed by atoms with E-state index in [-0.39, 0.29) is 0 Å². The van der Waals surface area contributed by atoms with Crippen LogP contribution in [0.3, 0.4) is 0 Å². The highest BCUT2D eigenvalue weighted by Crippen LogP contribution is 2.05. The van der Waals surface area contributed by atoms with Gasteiger partial charge in [0.05, 0.1) is 0 Å². The van der Waals surface area contributed by atoms with Crippen LogP contribution in [0.25, 0.3) is 0 Å². The van der Waals surface area contributed by atoms with Crippen LogP contribution < -0.4 is 5.73 Å². The molecule has 0 saturated carbocycles. The Kier molecular flexibility index (Phi) is 7.00. The lowest BCUT2D eigenvalue weighted by molar-refractivity contribution is 0.956. The number of halogens is 1. The molecule has 0 unspecified atom stereocenters. The average Bonchev–Trinajstić information content (AvgIpc) is 2.13. The van der Waals surface area contributed by atoms with Gasteiger partial charge >= 0.3 is 0 Å². The van der Waals surface area contributed by atoms with Gasteiger partial charge in [0.25, 0.3) is 0 Å². The molecule has 0 saturated heterocycles. The molecule has 0 spiro atoms. The molecule has 2 nitrogen and oxygen atoms in total. The zero-order valence-corrected chi connectivity index (χ0v) is 9.13. The Balaban J connectivity index is 0.000000561. The van der Waals surface area contributed by atoms with Gasteiger partial charge in [-0.3, -0.25) is 0 Å². The third-order valence-electron chi connectivity index (χ3n) is 1.22. The molecule has 0 bridgehead atoms. The van der Waals surface area contributed by atoms with Crippen molar-refractivity contribution < 1.29 is 0 Å². The quantitative estimate of drug-likeness (QED) is 0.793. The van der Waals surface area contributed by atoms with E-state index in [4.69, 9.17) is 5.73 Å². The lowest BCUT2D eigenvalue weighted by Gasteiger charge is -1.95. The van der Waals surface area contributed by atoms with Crippen LogP contribution >= 0.6 is 15.9 Å². The molecule has 0 aliphatic carbocycles. The molecule has 0 aliphatic heterocycles. The van der Waals surface area contributed by atoms with Crippen molar-refractivity contribution in [1.82, 2.24) is 4.98 Å². The number of pyridine rings is 1. The van der Waals surface area contributed by atoms with E-state index in [9.17, 15) is 0 Å². The molecule has 2 N–H and O–H groups in total.